The number of benzene rings is 3. The van der Waals surface area contributed by atoms with E-state index in [2.05, 4.69) is 10.6 Å². The number of carbonyl (C=O) groups excluding carboxylic acids is 2. The van der Waals surface area contributed by atoms with Gasteiger partial charge in [-0.15, -0.1) is 11.8 Å². The number of halogens is 2. The minimum atomic E-state index is -0.824. The third-order valence-corrected chi connectivity index (χ3v) is 6.35. The van der Waals surface area contributed by atoms with Crippen LogP contribution in [0.2, 0.25) is 0 Å². The van der Waals surface area contributed by atoms with Crippen LogP contribution in [0.4, 0.5) is 14.5 Å². The number of nitrogens with zero attached hydrogens (tertiary/aromatic N) is 1. The van der Waals surface area contributed by atoms with Crippen LogP contribution < -0.4 is 15.4 Å². The molecule has 0 unspecified atom stereocenters. The third-order valence-electron chi connectivity index (χ3n) is 5.31. The second kappa shape index (κ2) is 11.1. The summed E-state index contributed by atoms with van der Waals surface area (Å²) >= 11 is 1.32. The van der Waals surface area contributed by atoms with E-state index in [0.29, 0.717) is 24.4 Å². The first-order valence-corrected chi connectivity index (χ1v) is 11.8. The second-order valence-electron chi connectivity index (χ2n) is 7.62. The van der Waals surface area contributed by atoms with Gasteiger partial charge in [0.15, 0.2) is 0 Å². The molecule has 0 fully saturated rings. The van der Waals surface area contributed by atoms with E-state index in [0.717, 1.165) is 27.9 Å². The van der Waals surface area contributed by atoms with Crippen molar-refractivity contribution in [1.82, 2.24) is 9.88 Å². The maximum atomic E-state index is 13.8. The Morgan fingerprint density at radius 1 is 1.03 bits per heavy atom. The van der Waals surface area contributed by atoms with Crippen LogP contribution >= 0.6 is 11.8 Å². The SMILES string of the molecule is COc1ccccc1C(=O)NCCn1cc(SCC(=O)Nc2ccc(F)cc2F)c2ccccc21. The Labute approximate surface area is 205 Å². The number of fused-ring (bicyclic) bond motifs is 1. The Kier molecular flexibility index (Phi) is 7.67. The van der Waals surface area contributed by atoms with Gasteiger partial charge in [-0.05, 0) is 30.3 Å². The van der Waals surface area contributed by atoms with Crippen LogP contribution in [0.15, 0.2) is 77.8 Å². The van der Waals surface area contributed by atoms with Crippen LogP contribution in [0.1, 0.15) is 10.4 Å². The van der Waals surface area contributed by atoms with Crippen molar-refractivity contribution >= 4 is 40.2 Å². The van der Waals surface area contributed by atoms with Crippen molar-refractivity contribution in [2.75, 3.05) is 24.7 Å². The maximum Gasteiger partial charge on any atom is 0.255 e. The van der Waals surface area contributed by atoms with Crippen LogP contribution in [0.5, 0.6) is 5.75 Å². The van der Waals surface area contributed by atoms with Gasteiger partial charge in [0.1, 0.15) is 17.4 Å². The van der Waals surface area contributed by atoms with Crippen LogP contribution in [0, 0.1) is 11.6 Å². The molecule has 0 bridgehead atoms. The van der Waals surface area contributed by atoms with Crippen molar-refractivity contribution in [3.63, 3.8) is 0 Å². The Morgan fingerprint density at radius 3 is 2.60 bits per heavy atom. The first-order chi connectivity index (χ1) is 17.0. The maximum absolute atomic E-state index is 13.8. The van der Waals surface area contributed by atoms with Gasteiger partial charge in [0, 0.05) is 41.2 Å². The first-order valence-electron chi connectivity index (χ1n) is 10.8. The van der Waals surface area contributed by atoms with Crippen LogP contribution in [-0.2, 0) is 11.3 Å². The molecular weight excluding hydrogens is 472 g/mol. The molecule has 0 saturated heterocycles. The zero-order valence-electron chi connectivity index (χ0n) is 18.9. The van der Waals surface area contributed by atoms with Crippen molar-refractivity contribution in [2.24, 2.45) is 0 Å². The first kappa shape index (κ1) is 24.3. The number of para-hydroxylation sites is 2. The van der Waals surface area contributed by atoms with Gasteiger partial charge in [-0.25, -0.2) is 8.78 Å². The van der Waals surface area contributed by atoms with Gasteiger partial charge in [-0.3, -0.25) is 9.59 Å². The molecule has 0 aliphatic carbocycles. The largest absolute Gasteiger partial charge is 0.496 e. The lowest BCUT2D eigenvalue weighted by Crippen LogP contribution is -2.27. The van der Waals surface area contributed by atoms with E-state index in [4.69, 9.17) is 4.74 Å². The van der Waals surface area contributed by atoms with E-state index in [1.165, 1.54) is 24.9 Å². The summed E-state index contributed by atoms with van der Waals surface area (Å²) in [4.78, 5) is 25.8. The number of amides is 2. The number of hydrogen-bond donors (Lipinski definition) is 2. The molecule has 9 heteroatoms. The molecule has 1 heterocycles. The number of nitrogens with one attached hydrogen (secondary N) is 2. The molecule has 35 heavy (non-hydrogen) atoms. The highest BCUT2D eigenvalue weighted by Gasteiger charge is 2.14. The molecule has 0 aliphatic heterocycles. The molecule has 1 aromatic heterocycles. The van der Waals surface area contributed by atoms with Crippen LogP contribution in [-0.4, -0.2) is 35.8 Å². The predicted octanol–water partition coefficient (Wildman–Crippen LogP) is 5.09. The highest BCUT2D eigenvalue weighted by Crippen LogP contribution is 2.30. The fourth-order valence-electron chi connectivity index (χ4n) is 3.65. The molecule has 0 spiro atoms. The Balaban J connectivity index is 1.40. The van der Waals surface area contributed by atoms with Gasteiger partial charge < -0.3 is 19.9 Å². The molecule has 0 radical (unpaired) electrons. The third kappa shape index (κ3) is 5.81. The van der Waals surface area contributed by atoms with Gasteiger partial charge in [-0.2, -0.15) is 0 Å². The van der Waals surface area contributed by atoms with Crippen molar-refractivity contribution in [1.29, 1.82) is 0 Å². The molecule has 3 aromatic carbocycles. The number of ether oxygens (including phenoxy) is 1. The molecule has 4 rings (SSSR count). The van der Waals surface area contributed by atoms with Crippen molar-refractivity contribution in [3.8, 4) is 5.75 Å². The smallest absolute Gasteiger partial charge is 0.255 e. The minimum Gasteiger partial charge on any atom is -0.496 e. The normalized spacial score (nSPS) is 10.8. The van der Waals surface area contributed by atoms with Crippen molar-refractivity contribution in [3.05, 3.63) is 90.1 Å². The van der Waals surface area contributed by atoms with E-state index in [-0.39, 0.29) is 17.3 Å². The number of hydrogen-bond acceptors (Lipinski definition) is 4. The standard InChI is InChI=1S/C26H23F2N3O3S/c1-34-23-9-5-3-7-19(23)26(33)29-12-13-31-15-24(18-6-2-4-8-22(18)31)35-16-25(32)30-21-11-10-17(27)14-20(21)28/h2-11,14-15H,12-13,16H2,1H3,(H,29,33)(H,30,32). The number of aromatic nitrogens is 1. The molecule has 0 saturated carbocycles. The van der Waals surface area contributed by atoms with E-state index in [1.54, 1.807) is 24.3 Å². The summed E-state index contributed by atoms with van der Waals surface area (Å²) in [5.74, 6) is -1.60. The lowest BCUT2D eigenvalue weighted by molar-refractivity contribution is -0.113. The summed E-state index contributed by atoms with van der Waals surface area (Å²) in [6.07, 6.45) is 1.93. The highest BCUT2D eigenvalue weighted by atomic mass is 32.2. The van der Waals surface area contributed by atoms with Gasteiger partial charge in [0.05, 0.1) is 24.1 Å². The monoisotopic (exact) mass is 495 g/mol. The number of rotatable bonds is 9. The van der Waals surface area contributed by atoms with Crippen LogP contribution in [0.25, 0.3) is 10.9 Å². The lowest BCUT2D eigenvalue weighted by Gasteiger charge is -2.10. The average Bonchev–Trinajstić information content (AvgIpc) is 3.22. The molecule has 180 valence electrons. The summed E-state index contributed by atoms with van der Waals surface area (Å²) in [6.45, 7) is 0.916. The fraction of sp³-hybridized carbons (Fsp3) is 0.154. The quantitative estimate of drug-likeness (QED) is 0.318. The van der Waals surface area contributed by atoms with E-state index in [1.807, 2.05) is 35.0 Å². The van der Waals surface area contributed by atoms with E-state index in [9.17, 15) is 18.4 Å². The number of methoxy groups -OCH3 is 1. The molecule has 0 aliphatic rings. The Morgan fingerprint density at radius 2 is 1.80 bits per heavy atom. The summed E-state index contributed by atoms with van der Waals surface area (Å²) in [5.41, 5.74) is 1.36. The zero-order chi connectivity index (χ0) is 24.8. The molecule has 2 N–H and O–H groups in total. The Hall–Kier alpha value is -3.85. The Bertz CT molecular complexity index is 1370. The zero-order valence-corrected chi connectivity index (χ0v) is 19.7. The van der Waals surface area contributed by atoms with Crippen molar-refractivity contribution in [2.45, 2.75) is 11.4 Å². The highest BCUT2D eigenvalue weighted by molar-refractivity contribution is 8.00. The minimum absolute atomic E-state index is 0.0510. The summed E-state index contributed by atoms with van der Waals surface area (Å²) in [6, 6.07) is 17.8. The molecule has 6 nitrogen and oxygen atoms in total. The van der Waals surface area contributed by atoms with Gasteiger partial charge in [0.2, 0.25) is 5.91 Å². The number of thioether (sulfide) groups is 1. The van der Waals surface area contributed by atoms with Gasteiger partial charge >= 0.3 is 0 Å². The predicted molar refractivity (Wildman–Crippen MR) is 133 cm³/mol. The topological polar surface area (TPSA) is 72.4 Å². The molecule has 2 amide bonds. The number of carbonyl (C=O) groups is 2. The summed E-state index contributed by atoms with van der Waals surface area (Å²) < 4.78 is 34.1. The molecule has 4 aromatic rings. The van der Waals surface area contributed by atoms with E-state index >= 15 is 0 Å². The van der Waals surface area contributed by atoms with Gasteiger partial charge in [0.25, 0.3) is 5.91 Å². The summed E-state index contributed by atoms with van der Waals surface area (Å²) in [5, 5.41) is 6.35. The average molecular weight is 496 g/mol. The van der Waals surface area contributed by atoms with E-state index < -0.39 is 17.5 Å². The van der Waals surface area contributed by atoms with Crippen molar-refractivity contribution < 1.29 is 23.1 Å². The fourth-order valence-corrected chi connectivity index (χ4v) is 4.54. The number of anilines is 1. The molecule has 0 atom stereocenters. The molecular formula is C26H23F2N3O3S. The van der Waals surface area contributed by atoms with Gasteiger partial charge in [-0.1, -0.05) is 30.3 Å². The summed E-state index contributed by atoms with van der Waals surface area (Å²) in [7, 11) is 1.52. The van der Waals surface area contributed by atoms with Crippen LogP contribution in [0.3, 0.4) is 0 Å². The lowest BCUT2D eigenvalue weighted by atomic mass is 10.2. The second-order valence-corrected chi connectivity index (χ2v) is 8.64.